The van der Waals surface area contributed by atoms with E-state index < -0.39 is 0 Å². The summed E-state index contributed by atoms with van der Waals surface area (Å²) in [6, 6.07) is 12.0. The van der Waals surface area contributed by atoms with Gasteiger partial charge in [0.25, 0.3) is 0 Å². The second-order valence-electron chi connectivity index (χ2n) is 6.55. The number of carbonyl (C=O) groups is 1. The lowest BCUT2D eigenvalue weighted by atomic mass is 10.1. The number of guanidine groups is 1. The largest absolute Gasteiger partial charge is 0.494 e. The van der Waals surface area contributed by atoms with Crippen LogP contribution in [0.5, 0.6) is 5.75 Å². The van der Waals surface area contributed by atoms with Gasteiger partial charge in [0.2, 0.25) is 5.91 Å². The molecule has 156 valence electrons. The number of rotatable bonds is 9. The number of hydrogen-bond acceptors (Lipinski definition) is 3. The SMILES string of the molecule is CCOc1cc(C)ccc1CNC(=NC)NCCNC(=O)Cc1ccc(F)cc1. The summed E-state index contributed by atoms with van der Waals surface area (Å²) in [5.41, 5.74) is 2.97. The molecule has 29 heavy (non-hydrogen) atoms. The molecule has 0 radical (unpaired) electrons. The molecular formula is C22H29FN4O2. The molecule has 0 aliphatic heterocycles. The number of aliphatic imine (C=N–C) groups is 1. The summed E-state index contributed by atoms with van der Waals surface area (Å²) < 4.78 is 18.6. The first-order valence-electron chi connectivity index (χ1n) is 9.69. The molecule has 0 spiro atoms. The van der Waals surface area contributed by atoms with Crippen molar-refractivity contribution in [2.75, 3.05) is 26.7 Å². The number of aryl methyl sites for hydroxylation is 1. The van der Waals surface area contributed by atoms with E-state index in [1.165, 1.54) is 12.1 Å². The molecule has 0 aliphatic rings. The Balaban J connectivity index is 1.72. The quantitative estimate of drug-likeness (QED) is 0.344. The molecule has 0 fully saturated rings. The van der Waals surface area contributed by atoms with Crippen LogP contribution in [-0.2, 0) is 17.8 Å². The molecule has 0 unspecified atom stereocenters. The van der Waals surface area contributed by atoms with Crippen LogP contribution in [0.4, 0.5) is 4.39 Å². The smallest absolute Gasteiger partial charge is 0.224 e. The van der Waals surface area contributed by atoms with Gasteiger partial charge in [-0.2, -0.15) is 0 Å². The normalized spacial score (nSPS) is 11.1. The van der Waals surface area contributed by atoms with E-state index in [0.717, 1.165) is 22.4 Å². The third-order valence-corrected chi connectivity index (χ3v) is 4.21. The minimum atomic E-state index is -0.309. The molecule has 0 heterocycles. The molecule has 0 bridgehead atoms. The van der Waals surface area contributed by atoms with Crippen molar-refractivity contribution in [1.82, 2.24) is 16.0 Å². The van der Waals surface area contributed by atoms with Gasteiger partial charge in [-0.25, -0.2) is 4.39 Å². The standard InChI is InChI=1S/C22H29FN4O2/c1-4-29-20-13-16(2)5-8-18(20)15-27-22(24-3)26-12-11-25-21(28)14-17-6-9-19(23)10-7-17/h5-10,13H,4,11-12,14-15H2,1-3H3,(H,25,28)(H2,24,26,27). The minimum absolute atomic E-state index is 0.109. The molecule has 0 saturated carbocycles. The first-order chi connectivity index (χ1) is 14.0. The van der Waals surface area contributed by atoms with Gasteiger partial charge in [0.05, 0.1) is 13.0 Å². The minimum Gasteiger partial charge on any atom is -0.494 e. The van der Waals surface area contributed by atoms with E-state index in [-0.39, 0.29) is 18.1 Å². The van der Waals surface area contributed by atoms with E-state index in [0.29, 0.717) is 32.2 Å². The highest BCUT2D eigenvalue weighted by Gasteiger charge is 2.06. The van der Waals surface area contributed by atoms with Crippen molar-refractivity contribution in [2.24, 2.45) is 4.99 Å². The van der Waals surface area contributed by atoms with Crippen LogP contribution in [0.2, 0.25) is 0 Å². The molecule has 1 amide bonds. The molecule has 2 aromatic carbocycles. The Kier molecular flexibility index (Phi) is 8.95. The number of benzene rings is 2. The highest BCUT2D eigenvalue weighted by atomic mass is 19.1. The monoisotopic (exact) mass is 400 g/mol. The molecule has 0 aliphatic carbocycles. The van der Waals surface area contributed by atoms with E-state index in [4.69, 9.17) is 4.74 Å². The Morgan fingerprint density at radius 2 is 1.79 bits per heavy atom. The van der Waals surface area contributed by atoms with Gasteiger partial charge in [-0.05, 0) is 43.2 Å². The van der Waals surface area contributed by atoms with Crippen molar-refractivity contribution in [3.8, 4) is 5.75 Å². The number of carbonyl (C=O) groups excluding carboxylic acids is 1. The molecule has 6 nitrogen and oxygen atoms in total. The van der Waals surface area contributed by atoms with E-state index in [1.54, 1.807) is 19.2 Å². The second-order valence-corrected chi connectivity index (χ2v) is 6.55. The molecule has 2 aromatic rings. The zero-order valence-electron chi connectivity index (χ0n) is 17.2. The van der Waals surface area contributed by atoms with Crippen LogP contribution in [-0.4, -0.2) is 38.6 Å². The maximum absolute atomic E-state index is 12.9. The number of halogens is 1. The number of nitrogens with one attached hydrogen (secondary N) is 3. The van der Waals surface area contributed by atoms with E-state index >= 15 is 0 Å². The van der Waals surface area contributed by atoms with E-state index in [1.807, 2.05) is 32.0 Å². The number of ether oxygens (including phenoxy) is 1. The topological polar surface area (TPSA) is 74.8 Å². The fourth-order valence-electron chi connectivity index (χ4n) is 2.73. The highest BCUT2D eigenvalue weighted by Crippen LogP contribution is 2.20. The van der Waals surface area contributed by atoms with Gasteiger partial charge >= 0.3 is 0 Å². The molecule has 2 rings (SSSR count). The molecule has 0 saturated heterocycles. The Morgan fingerprint density at radius 1 is 1.07 bits per heavy atom. The summed E-state index contributed by atoms with van der Waals surface area (Å²) >= 11 is 0. The Bertz CT molecular complexity index is 822. The maximum Gasteiger partial charge on any atom is 0.224 e. The molecule has 0 aromatic heterocycles. The van der Waals surface area contributed by atoms with Crippen molar-refractivity contribution in [1.29, 1.82) is 0 Å². The van der Waals surface area contributed by atoms with Crippen LogP contribution in [0.25, 0.3) is 0 Å². The van der Waals surface area contributed by atoms with Crippen LogP contribution in [0.15, 0.2) is 47.5 Å². The van der Waals surface area contributed by atoms with Crippen molar-refractivity contribution < 1.29 is 13.9 Å². The average molecular weight is 400 g/mol. The molecule has 0 atom stereocenters. The predicted octanol–water partition coefficient (Wildman–Crippen LogP) is 2.56. The van der Waals surface area contributed by atoms with Gasteiger partial charge in [-0.3, -0.25) is 9.79 Å². The Labute approximate surface area is 171 Å². The van der Waals surface area contributed by atoms with Gasteiger partial charge in [0.1, 0.15) is 11.6 Å². The lowest BCUT2D eigenvalue weighted by Gasteiger charge is -2.15. The number of hydrogen-bond donors (Lipinski definition) is 3. The number of amides is 1. The second kappa shape index (κ2) is 11.7. The van der Waals surface area contributed by atoms with Gasteiger partial charge < -0.3 is 20.7 Å². The third-order valence-electron chi connectivity index (χ3n) is 4.21. The molecule has 7 heteroatoms. The zero-order valence-corrected chi connectivity index (χ0v) is 17.2. The summed E-state index contributed by atoms with van der Waals surface area (Å²) in [6.45, 7) is 6.17. The lowest BCUT2D eigenvalue weighted by molar-refractivity contribution is -0.120. The van der Waals surface area contributed by atoms with Crippen molar-refractivity contribution in [3.05, 3.63) is 65.0 Å². The third kappa shape index (κ3) is 7.81. The fraction of sp³-hybridized carbons (Fsp3) is 0.364. The zero-order chi connectivity index (χ0) is 21.1. The molecular weight excluding hydrogens is 371 g/mol. The lowest BCUT2D eigenvalue weighted by Crippen LogP contribution is -2.41. The van der Waals surface area contributed by atoms with Crippen LogP contribution in [0.3, 0.4) is 0 Å². The highest BCUT2D eigenvalue weighted by molar-refractivity contribution is 5.80. The Hall–Kier alpha value is -3.09. The van der Waals surface area contributed by atoms with Gasteiger partial charge in [-0.15, -0.1) is 0 Å². The summed E-state index contributed by atoms with van der Waals surface area (Å²) in [6.07, 6.45) is 0.223. The van der Waals surface area contributed by atoms with E-state index in [9.17, 15) is 9.18 Å². The van der Waals surface area contributed by atoms with Gasteiger partial charge in [-0.1, -0.05) is 24.3 Å². The average Bonchev–Trinajstić information content (AvgIpc) is 2.70. The van der Waals surface area contributed by atoms with Gasteiger partial charge in [0.15, 0.2) is 5.96 Å². The fourth-order valence-corrected chi connectivity index (χ4v) is 2.73. The molecule has 3 N–H and O–H groups in total. The summed E-state index contributed by atoms with van der Waals surface area (Å²) in [5, 5.41) is 9.24. The predicted molar refractivity (Wildman–Crippen MR) is 114 cm³/mol. The van der Waals surface area contributed by atoms with Crippen molar-refractivity contribution in [2.45, 2.75) is 26.8 Å². The first kappa shape index (κ1) is 22.2. The van der Waals surface area contributed by atoms with Crippen LogP contribution < -0.4 is 20.7 Å². The van der Waals surface area contributed by atoms with Crippen LogP contribution >= 0.6 is 0 Å². The van der Waals surface area contributed by atoms with Crippen molar-refractivity contribution >= 4 is 11.9 Å². The summed E-state index contributed by atoms with van der Waals surface area (Å²) in [4.78, 5) is 16.2. The Morgan fingerprint density at radius 3 is 2.48 bits per heavy atom. The van der Waals surface area contributed by atoms with Gasteiger partial charge in [0, 0.05) is 32.2 Å². The maximum atomic E-state index is 12.9. The van der Waals surface area contributed by atoms with Crippen LogP contribution in [0.1, 0.15) is 23.6 Å². The summed E-state index contributed by atoms with van der Waals surface area (Å²) in [7, 11) is 1.70. The summed E-state index contributed by atoms with van der Waals surface area (Å²) in [5.74, 6) is 1.09. The number of nitrogens with zero attached hydrogens (tertiary/aromatic N) is 1. The first-order valence-corrected chi connectivity index (χ1v) is 9.69. The van der Waals surface area contributed by atoms with E-state index in [2.05, 4.69) is 20.9 Å². The van der Waals surface area contributed by atoms with Crippen molar-refractivity contribution in [3.63, 3.8) is 0 Å². The van der Waals surface area contributed by atoms with Crippen LogP contribution in [0, 0.1) is 12.7 Å².